The highest BCUT2D eigenvalue weighted by Gasteiger charge is 2.14. The van der Waals surface area contributed by atoms with E-state index >= 15 is 0 Å². The molecular weight excluding hydrogens is 298 g/mol. The molecular formula is C13H12BrNO3. The number of aromatic carboxylic acids is 1. The third-order valence-electron chi connectivity index (χ3n) is 2.65. The van der Waals surface area contributed by atoms with Crippen molar-refractivity contribution in [1.82, 2.24) is 4.98 Å². The molecule has 0 aliphatic heterocycles. The molecule has 0 saturated carbocycles. The van der Waals surface area contributed by atoms with Gasteiger partial charge in [0, 0.05) is 15.6 Å². The van der Waals surface area contributed by atoms with Gasteiger partial charge in [0.2, 0.25) is 0 Å². The molecule has 18 heavy (non-hydrogen) atoms. The minimum absolute atomic E-state index is 0.0140. The molecule has 2 rings (SSSR count). The number of pyridine rings is 1. The number of carbonyl (C=O) groups is 1. The van der Waals surface area contributed by atoms with Gasteiger partial charge in [0.1, 0.15) is 11.3 Å². The molecule has 0 saturated heterocycles. The minimum Gasteiger partial charge on any atom is -0.506 e. The van der Waals surface area contributed by atoms with Gasteiger partial charge in [-0.3, -0.25) is 0 Å². The Labute approximate surface area is 112 Å². The number of phenolic OH excluding ortho intramolecular Hbond substituents is 1. The van der Waals surface area contributed by atoms with Crippen LogP contribution in [0, 0.1) is 0 Å². The summed E-state index contributed by atoms with van der Waals surface area (Å²) in [5.41, 5.74) is 1.18. The Morgan fingerprint density at radius 1 is 1.39 bits per heavy atom. The highest BCUT2D eigenvalue weighted by Crippen LogP contribution is 2.30. The first-order valence-electron chi connectivity index (χ1n) is 5.58. The maximum atomic E-state index is 11.3. The molecule has 0 fully saturated rings. The molecule has 0 atom stereocenters. The number of halogens is 1. The lowest BCUT2D eigenvalue weighted by Gasteiger charge is -2.08. The standard InChI is InChI=1S/C13H12BrNO3/c1-2-3-8-6-10(13(17)18)9-4-7(14)5-11(16)12(9)15-8/h4-6,16H,2-3H2,1H3,(H,17,18). The van der Waals surface area contributed by atoms with Gasteiger partial charge in [0.15, 0.2) is 0 Å². The zero-order valence-electron chi connectivity index (χ0n) is 9.77. The molecule has 0 aliphatic carbocycles. The molecule has 5 heteroatoms. The quantitative estimate of drug-likeness (QED) is 0.912. The molecule has 1 heterocycles. The highest BCUT2D eigenvalue weighted by molar-refractivity contribution is 9.10. The molecule has 0 amide bonds. The van der Waals surface area contributed by atoms with Crippen LogP contribution in [0.5, 0.6) is 5.75 Å². The Hall–Kier alpha value is -1.62. The van der Waals surface area contributed by atoms with Crippen LogP contribution in [0.3, 0.4) is 0 Å². The van der Waals surface area contributed by atoms with Crippen molar-refractivity contribution in [3.05, 3.63) is 33.9 Å². The van der Waals surface area contributed by atoms with Gasteiger partial charge < -0.3 is 10.2 Å². The SMILES string of the molecule is CCCc1cc(C(=O)O)c2cc(Br)cc(O)c2n1. The molecule has 0 radical (unpaired) electrons. The Bertz CT molecular complexity index is 625. The second kappa shape index (κ2) is 4.94. The summed E-state index contributed by atoms with van der Waals surface area (Å²) in [5.74, 6) is -1.03. The normalized spacial score (nSPS) is 10.8. The average molecular weight is 310 g/mol. The molecule has 0 spiro atoms. The first-order chi connectivity index (χ1) is 8.52. The Kier molecular flexibility index (Phi) is 3.52. The minimum atomic E-state index is -1.02. The number of nitrogens with zero attached hydrogens (tertiary/aromatic N) is 1. The topological polar surface area (TPSA) is 70.4 Å². The van der Waals surface area contributed by atoms with Crippen molar-refractivity contribution in [2.45, 2.75) is 19.8 Å². The van der Waals surface area contributed by atoms with Crippen molar-refractivity contribution in [2.24, 2.45) is 0 Å². The zero-order valence-corrected chi connectivity index (χ0v) is 11.4. The van der Waals surface area contributed by atoms with Gasteiger partial charge in [-0.05, 0) is 24.6 Å². The molecule has 94 valence electrons. The Balaban J connectivity index is 2.81. The lowest BCUT2D eigenvalue weighted by Crippen LogP contribution is -2.02. The van der Waals surface area contributed by atoms with Crippen LogP contribution >= 0.6 is 15.9 Å². The van der Waals surface area contributed by atoms with E-state index in [4.69, 9.17) is 0 Å². The predicted octanol–water partition coefficient (Wildman–Crippen LogP) is 3.35. The highest BCUT2D eigenvalue weighted by atomic mass is 79.9. The molecule has 2 aromatic rings. The van der Waals surface area contributed by atoms with E-state index in [-0.39, 0.29) is 11.3 Å². The van der Waals surface area contributed by atoms with Crippen LogP contribution < -0.4 is 0 Å². The lowest BCUT2D eigenvalue weighted by atomic mass is 10.1. The number of benzene rings is 1. The van der Waals surface area contributed by atoms with E-state index in [1.807, 2.05) is 6.92 Å². The second-order valence-electron chi connectivity index (χ2n) is 4.04. The van der Waals surface area contributed by atoms with E-state index in [2.05, 4.69) is 20.9 Å². The number of aromatic nitrogens is 1. The van der Waals surface area contributed by atoms with E-state index in [0.717, 1.165) is 6.42 Å². The van der Waals surface area contributed by atoms with Gasteiger partial charge >= 0.3 is 5.97 Å². The van der Waals surface area contributed by atoms with E-state index < -0.39 is 5.97 Å². The van der Waals surface area contributed by atoms with Crippen LogP contribution in [-0.2, 0) is 6.42 Å². The first-order valence-corrected chi connectivity index (χ1v) is 6.37. The number of hydrogen-bond acceptors (Lipinski definition) is 3. The summed E-state index contributed by atoms with van der Waals surface area (Å²) in [5, 5.41) is 19.5. The van der Waals surface area contributed by atoms with Crippen LogP contribution in [0.25, 0.3) is 10.9 Å². The first kappa shape index (κ1) is 12.8. The van der Waals surface area contributed by atoms with Crippen molar-refractivity contribution in [3.8, 4) is 5.75 Å². The van der Waals surface area contributed by atoms with Crippen LogP contribution in [0.1, 0.15) is 29.4 Å². The number of carboxylic acid groups (broad SMARTS) is 1. The third-order valence-corrected chi connectivity index (χ3v) is 3.11. The maximum absolute atomic E-state index is 11.3. The van der Waals surface area contributed by atoms with Crippen LogP contribution in [-0.4, -0.2) is 21.2 Å². The Morgan fingerprint density at radius 3 is 2.72 bits per heavy atom. The van der Waals surface area contributed by atoms with Crippen LogP contribution in [0.4, 0.5) is 0 Å². The Morgan fingerprint density at radius 2 is 2.11 bits per heavy atom. The van der Waals surface area contributed by atoms with Gasteiger partial charge in [0.25, 0.3) is 0 Å². The van der Waals surface area contributed by atoms with Gasteiger partial charge in [0.05, 0.1) is 5.56 Å². The number of carboxylic acids is 1. The predicted molar refractivity (Wildman–Crippen MR) is 72.1 cm³/mol. The van der Waals surface area contributed by atoms with E-state index in [9.17, 15) is 15.0 Å². The summed E-state index contributed by atoms with van der Waals surface area (Å²) in [7, 11) is 0. The molecule has 1 aromatic heterocycles. The summed E-state index contributed by atoms with van der Waals surface area (Å²) < 4.78 is 0.625. The third kappa shape index (κ3) is 2.31. The smallest absolute Gasteiger partial charge is 0.336 e. The van der Waals surface area contributed by atoms with E-state index in [1.54, 1.807) is 12.1 Å². The molecule has 0 bridgehead atoms. The summed E-state index contributed by atoms with van der Waals surface area (Å²) >= 11 is 3.24. The summed E-state index contributed by atoms with van der Waals surface area (Å²) in [6, 6.07) is 4.73. The second-order valence-corrected chi connectivity index (χ2v) is 4.95. The zero-order chi connectivity index (χ0) is 13.3. The van der Waals surface area contributed by atoms with Gasteiger partial charge in [-0.2, -0.15) is 0 Å². The number of hydrogen-bond donors (Lipinski definition) is 2. The molecule has 0 aliphatic rings. The fourth-order valence-electron chi connectivity index (χ4n) is 1.89. The number of aryl methyl sites for hydroxylation is 1. The van der Waals surface area contributed by atoms with Crippen molar-refractivity contribution >= 4 is 32.8 Å². The van der Waals surface area contributed by atoms with Gasteiger partial charge in [-0.1, -0.05) is 29.3 Å². The molecule has 1 aromatic carbocycles. The van der Waals surface area contributed by atoms with E-state index in [1.165, 1.54) is 6.07 Å². The summed E-state index contributed by atoms with van der Waals surface area (Å²) in [6.45, 7) is 1.99. The van der Waals surface area contributed by atoms with Crippen molar-refractivity contribution in [2.75, 3.05) is 0 Å². The van der Waals surface area contributed by atoms with Crippen molar-refractivity contribution < 1.29 is 15.0 Å². The van der Waals surface area contributed by atoms with Crippen LogP contribution in [0.15, 0.2) is 22.7 Å². The van der Waals surface area contributed by atoms with Gasteiger partial charge in [-0.15, -0.1) is 0 Å². The number of fused-ring (bicyclic) bond motifs is 1. The monoisotopic (exact) mass is 309 g/mol. The summed E-state index contributed by atoms with van der Waals surface area (Å²) in [6.07, 6.45) is 1.56. The molecule has 0 unspecified atom stereocenters. The molecule has 2 N–H and O–H groups in total. The van der Waals surface area contributed by atoms with Crippen molar-refractivity contribution in [1.29, 1.82) is 0 Å². The molecule has 4 nitrogen and oxygen atoms in total. The lowest BCUT2D eigenvalue weighted by molar-refractivity contribution is 0.0699. The largest absolute Gasteiger partial charge is 0.506 e. The van der Waals surface area contributed by atoms with Gasteiger partial charge in [-0.25, -0.2) is 9.78 Å². The average Bonchev–Trinajstić information content (AvgIpc) is 2.29. The number of aromatic hydroxyl groups is 1. The van der Waals surface area contributed by atoms with E-state index in [0.29, 0.717) is 27.5 Å². The number of phenols is 1. The fourth-order valence-corrected chi connectivity index (χ4v) is 2.33. The number of rotatable bonds is 3. The summed E-state index contributed by atoms with van der Waals surface area (Å²) in [4.78, 5) is 15.6. The van der Waals surface area contributed by atoms with Crippen molar-refractivity contribution in [3.63, 3.8) is 0 Å². The fraction of sp³-hybridized carbons (Fsp3) is 0.231. The maximum Gasteiger partial charge on any atom is 0.336 e. The van der Waals surface area contributed by atoms with Crippen LogP contribution in [0.2, 0.25) is 0 Å².